The van der Waals surface area contributed by atoms with Crippen molar-refractivity contribution < 1.29 is 9.18 Å². The van der Waals surface area contributed by atoms with Gasteiger partial charge in [0.05, 0.1) is 18.3 Å². The fourth-order valence-corrected chi connectivity index (χ4v) is 4.02. The molecule has 0 radical (unpaired) electrons. The lowest BCUT2D eigenvalue weighted by Crippen LogP contribution is -2.30. The van der Waals surface area contributed by atoms with Gasteiger partial charge >= 0.3 is 0 Å². The van der Waals surface area contributed by atoms with Gasteiger partial charge in [-0.05, 0) is 68.1 Å². The lowest BCUT2D eigenvalue weighted by atomic mass is 10.0. The molecule has 0 unspecified atom stereocenters. The summed E-state index contributed by atoms with van der Waals surface area (Å²) >= 11 is 0. The number of likely N-dealkylation sites (tertiary alicyclic amines) is 1. The highest BCUT2D eigenvalue weighted by atomic mass is 19.1. The van der Waals surface area contributed by atoms with Crippen molar-refractivity contribution in [3.63, 3.8) is 0 Å². The van der Waals surface area contributed by atoms with Gasteiger partial charge in [0, 0.05) is 17.8 Å². The first-order valence-corrected chi connectivity index (χ1v) is 9.68. The SMILES string of the molecule is Cc1cc(C)n(Cc2cccc(C(=O)N3CCC[C@H]3c3ccc(F)cc3)c2)n1. The van der Waals surface area contributed by atoms with Crippen LogP contribution in [0.4, 0.5) is 4.39 Å². The molecule has 1 atom stereocenters. The van der Waals surface area contributed by atoms with Gasteiger partial charge in [-0.3, -0.25) is 9.48 Å². The Bertz CT molecular complexity index is 993. The summed E-state index contributed by atoms with van der Waals surface area (Å²) in [5, 5.41) is 4.51. The molecule has 144 valence electrons. The number of rotatable bonds is 4. The van der Waals surface area contributed by atoms with Gasteiger partial charge in [0.2, 0.25) is 0 Å². The molecule has 0 N–H and O–H groups in total. The van der Waals surface area contributed by atoms with Gasteiger partial charge in [0.25, 0.3) is 5.91 Å². The summed E-state index contributed by atoms with van der Waals surface area (Å²) in [7, 11) is 0. The molecule has 3 aromatic rings. The fourth-order valence-electron chi connectivity index (χ4n) is 4.02. The second-order valence-corrected chi connectivity index (χ2v) is 7.49. The molecule has 0 aliphatic carbocycles. The van der Waals surface area contributed by atoms with E-state index in [9.17, 15) is 9.18 Å². The second-order valence-electron chi connectivity index (χ2n) is 7.49. The molecule has 5 heteroatoms. The number of hydrogen-bond acceptors (Lipinski definition) is 2. The maximum absolute atomic E-state index is 13.3. The van der Waals surface area contributed by atoms with E-state index >= 15 is 0 Å². The van der Waals surface area contributed by atoms with E-state index in [4.69, 9.17) is 0 Å². The molecule has 4 rings (SSSR count). The lowest BCUT2D eigenvalue weighted by molar-refractivity contribution is 0.0735. The first-order chi connectivity index (χ1) is 13.5. The minimum atomic E-state index is -0.253. The third kappa shape index (κ3) is 3.70. The minimum Gasteiger partial charge on any atom is -0.332 e. The Labute approximate surface area is 164 Å². The van der Waals surface area contributed by atoms with Crippen LogP contribution in [0, 0.1) is 19.7 Å². The van der Waals surface area contributed by atoms with Gasteiger partial charge in [-0.2, -0.15) is 5.10 Å². The van der Waals surface area contributed by atoms with Crippen molar-refractivity contribution in [1.29, 1.82) is 0 Å². The molecule has 2 heterocycles. The zero-order valence-corrected chi connectivity index (χ0v) is 16.2. The smallest absolute Gasteiger partial charge is 0.254 e. The van der Waals surface area contributed by atoms with Crippen LogP contribution in [-0.4, -0.2) is 27.1 Å². The summed E-state index contributed by atoms with van der Waals surface area (Å²) in [6, 6.07) is 16.3. The predicted molar refractivity (Wildman–Crippen MR) is 107 cm³/mol. The Morgan fingerprint density at radius 3 is 2.64 bits per heavy atom. The van der Waals surface area contributed by atoms with Gasteiger partial charge in [-0.1, -0.05) is 24.3 Å². The Kier molecular flexibility index (Phi) is 4.99. The first kappa shape index (κ1) is 18.4. The number of aromatic nitrogens is 2. The lowest BCUT2D eigenvalue weighted by Gasteiger charge is -2.25. The number of carbonyl (C=O) groups excluding carboxylic acids is 1. The first-order valence-electron chi connectivity index (χ1n) is 9.68. The number of nitrogens with zero attached hydrogens (tertiary/aromatic N) is 3. The molecule has 0 saturated carbocycles. The number of benzene rings is 2. The molecule has 1 amide bonds. The molecule has 2 aromatic carbocycles. The summed E-state index contributed by atoms with van der Waals surface area (Å²) in [5.74, 6) is -0.224. The molecule has 1 aliphatic heterocycles. The highest BCUT2D eigenvalue weighted by Gasteiger charge is 2.30. The van der Waals surface area contributed by atoms with Crippen molar-refractivity contribution in [2.24, 2.45) is 0 Å². The molecule has 1 saturated heterocycles. The maximum atomic E-state index is 13.3. The van der Waals surface area contributed by atoms with Crippen LogP contribution in [0.2, 0.25) is 0 Å². The van der Waals surface area contributed by atoms with Crippen molar-refractivity contribution in [1.82, 2.24) is 14.7 Å². The molecular weight excluding hydrogens is 353 g/mol. The van der Waals surface area contributed by atoms with Crippen LogP contribution in [-0.2, 0) is 6.54 Å². The average Bonchev–Trinajstić information content (AvgIpc) is 3.28. The maximum Gasteiger partial charge on any atom is 0.254 e. The quantitative estimate of drug-likeness (QED) is 0.663. The average molecular weight is 377 g/mol. The zero-order chi connectivity index (χ0) is 19.7. The van der Waals surface area contributed by atoms with Crippen molar-refractivity contribution in [3.8, 4) is 0 Å². The van der Waals surface area contributed by atoms with Crippen LogP contribution in [0.3, 0.4) is 0 Å². The van der Waals surface area contributed by atoms with E-state index in [1.807, 2.05) is 53.8 Å². The van der Waals surface area contributed by atoms with E-state index in [0.717, 1.165) is 41.9 Å². The molecule has 1 fully saturated rings. The summed E-state index contributed by atoms with van der Waals surface area (Å²) in [6.45, 7) is 5.38. The van der Waals surface area contributed by atoms with E-state index in [2.05, 4.69) is 5.10 Å². The van der Waals surface area contributed by atoms with Crippen LogP contribution in [0.15, 0.2) is 54.6 Å². The van der Waals surface area contributed by atoms with Gasteiger partial charge in [-0.15, -0.1) is 0 Å². The van der Waals surface area contributed by atoms with Crippen LogP contribution in [0.5, 0.6) is 0 Å². The Hall–Kier alpha value is -2.95. The Morgan fingerprint density at radius 2 is 1.93 bits per heavy atom. The highest BCUT2D eigenvalue weighted by Crippen LogP contribution is 2.33. The minimum absolute atomic E-state index is 0.00719. The molecule has 0 spiro atoms. The topological polar surface area (TPSA) is 38.1 Å². The Morgan fingerprint density at radius 1 is 1.14 bits per heavy atom. The number of hydrogen-bond donors (Lipinski definition) is 0. The summed E-state index contributed by atoms with van der Waals surface area (Å²) in [6.07, 6.45) is 1.86. The van der Waals surface area contributed by atoms with E-state index in [1.54, 1.807) is 12.1 Å². The number of carbonyl (C=O) groups is 1. The van der Waals surface area contributed by atoms with Gasteiger partial charge in [-0.25, -0.2) is 4.39 Å². The predicted octanol–water partition coefficient (Wildman–Crippen LogP) is 4.66. The summed E-state index contributed by atoms with van der Waals surface area (Å²) in [4.78, 5) is 15.1. The molecular formula is C23H24FN3O. The normalized spacial score (nSPS) is 16.5. The van der Waals surface area contributed by atoms with Crippen molar-refractivity contribution in [2.75, 3.05) is 6.54 Å². The number of amides is 1. The van der Waals surface area contributed by atoms with E-state index in [-0.39, 0.29) is 17.8 Å². The summed E-state index contributed by atoms with van der Waals surface area (Å²) < 4.78 is 15.2. The monoisotopic (exact) mass is 377 g/mol. The van der Waals surface area contributed by atoms with E-state index in [1.165, 1.54) is 12.1 Å². The van der Waals surface area contributed by atoms with Gasteiger partial charge < -0.3 is 4.90 Å². The largest absolute Gasteiger partial charge is 0.332 e. The second kappa shape index (κ2) is 7.58. The van der Waals surface area contributed by atoms with E-state index in [0.29, 0.717) is 12.1 Å². The van der Waals surface area contributed by atoms with Crippen LogP contribution in [0.25, 0.3) is 0 Å². The molecule has 1 aliphatic rings. The van der Waals surface area contributed by atoms with Crippen molar-refractivity contribution >= 4 is 5.91 Å². The van der Waals surface area contributed by atoms with Crippen LogP contribution < -0.4 is 0 Å². The standard InChI is InChI=1S/C23H24FN3O/c1-16-13-17(2)27(25-16)15-18-5-3-6-20(14-18)23(28)26-12-4-7-22(26)19-8-10-21(24)11-9-19/h3,5-6,8-11,13-14,22H,4,7,12,15H2,1-2H3/t22-/m0/s1. The van der Waals surface area contributed by atoms with Gasteiger partial charge in [0.15, 0.2) is 0 Å². The zero-order valence-electron chi connectivity index (χ0n) is 16.2. The van der Waals surface area contributed by atoms with E-state index < -0.39 is 0 Å². The summed E-state index contributed by atoms with van der Waals surface area (Å²) in [5.41, 5.74) is 4.82. The third-order valence-corrected chi connectivity index (χ3v) is 5.38. The molecule has 0 bridgehead atoms. The van der Waals surface area contributed by atoms with Crippen molar-refractivity contribution in [3.05, 3.63) is 88.5 Å². The van der Waals surface area contributed by atoms with Crippen molar-refractivity contribution in [2.45, 2.75) is 39.3 Å². The fraction of sp³-hybridized carbons (Fsp3) is 0.304. The molecule has 4 nitrogen and oxygen atoms in total. The number of aryl methyl sites for hydroxylation is 2. The van der Waals surface area contributed by atoms with Crippen LogP contribution >= 0.6 is 0 Å². The third-order valence-electron chi connectivity index (χ3n) is 5.38. The number of halogens is 1. The Balaban J connectivity index is 1.55. The van der Waals surface area contributed by atoms with Crippen LogP contribution in [0.1, 0.15) is 51.8 Å². The molecule has 28 heavy (non-hydrogen) atoms. The highest BCUT2D eigenvalue weighted by molar-refractivity contribution is 5.94. The van der Waals surface area contributed by atoms with Gasteiger partial charge in [0.1, 0.15) is 5.82 Å². The molecule has 1 aromatic heterocycles.